The SMILES string of the molecule is CC(C)COc1ccccc1-c1cnc2c(C#N)cnn2c1. The summed E-state index contributed by atoms with van der Waals surface area (Å²) >= 11 is 0. The van der Waals surface area contributed by atoms with E-state index in [-0.39, 0.29) is 0 Å². The van der Waals surface area contributed by atoms with Crippen molar-refractivity contribution >= 4 is 5.65 Å². The number of rotatable bonds is 4. The molecule has 0 bridgehead atoms. The number of ether oxygens (including phenoxy) is 1. The van der Waals surface area contributed by atoms with Gasteiger partial charge >= 0.3 is 0 Å². The first-order valence-electron chi connectivity index (χ1n) is 7.14. The van der Waals surface area contributed by atoms with Crippen molar-refractivity contribution in [2.75, 3.05) is 6.61 Å². The van der Waals surface area contributed by atoms with Crippen LogP contribution in [0, 0.1) is 17.2 Å². The molecule has 3 rings (SSSR count). The zero-order valence-electron chi connectivity index (χ0n) is 12.5. The molecule has 1 aromatic carbocycles. The minimum absolute atomic E-state index is 0.456. The van der Waals surface area contributed by atoms with E-state index in [2.05, 4.69) is 30.0 Å². The molecule has 110 valence electrons. The number of hydrogen-bond donors (Lipinski definition) is 0. The highest BCUT2D eigenvalue weighted by Crippen LogP contribution is 2.29. The molecule has 0 saturated carbocycles. The quantitative estimate of drug-likeness (QED) is 0.740. The van der Waals surface area contributed by atoms with Crippen molar-refractivity contribution in [2.24, 2.45) is 5.92 Å². The van der Waals surface area contributed by atoms with Crippen LogP contribution in [-0.2, 0) is 0 Å². The molecule has 0 radical (unpaired) electrons. The monoisotopic (exact) mass is 292 g/mol. The highest BCUT2D eigenvalue weighted by Gasteiger charge is 2.10. The summed E-state index contributed by atoms with van der Waals surface area (Å²) < 4.78 is 7.50. The number of nitrogens with zero attached hydrogens (tertiary/aromatic N) is 4. The third kappa shape index (κ3) is 2.63. The van der Waals surface area contributed by atoms with Crippen molar-refractivity contribution in [3.05, 3.63) is 48.4 Å². The third-order valence-electron chi connectivity index (χ3n) is 3.25. The average molecular weight is 292 g/mol. The Bertz CT molecular complexity index is 845. The van der Waals surface area contributed by atoms with Gasteiger partial charge in [-0.1, -0.05) is 32.0 Å². The molecule has 0 fully saturated rings. The van der Waals surface area contributed by atoms with Gasteiger partial charge in [0.25, 0.3) is 0 Å². The highest BCUT2D eigenvalue weighted by molar-refractivity contribution is 5.70. The number of benzene rings is 1. The molecule has 0 aliphatic carbocycles. The zero-order valence-corrected chi connectivity index (χ0v) is 12.5. The minimum atomic E-state index is 0.456. The maximum atomic E-state index is 9.01. The number of para-hydroxylation sites is 1. The molecule has 22 heavy (non-hydrogen) atoms. The molecule has 5 heteroatoms. The first kappa shape index (κ1) is 14.1. The predicted molar refractivity (Wildman–Crippen MR) is 83.5 cm³/mol. The maximum absolute atomic E-state index is 9.01. The lowest BCUT2D eigenvalue weighted by Crippen LogP contribution is -2.05. The average Bonchev–Trinajstić information content (AvgIpc) is 2.95. The van der Waals surface area contributed by atoms with Crippen LogP contribution < -0.4 is 4.74 Å². The lowest BCUT2D eigenvalue weighted by molar-refractivity contribution is 0.272. The molecule has 0 unspecified atom stereocenters. The van der Waals surface area contributed by atoms with Crippen molar-refractivity contribution in [2.45, 2.75) is 13.8 Å². The van der Waals surface area contributed by atoms with E-state index >= 15 is 0 Å². The summed E-state index contributed by atoms with van der Waals surface area (Å²) in [5, 5.41) is 13.2. The topological polar surface area (TPSA) is 63.2 Å². The second kappa shape index (κ2) is 5.86. The standard InChI is InChI=1S/C17H16N4O/c1-12(2)11-22-16-6-4-3-5-15(16)14-8-19-17-13(7-18)9-20-21(17)10-14/h3-6,8-10,12H,11H2,1-2H3. The molecule has 0 aliphatic rings. The summed E-state index contributed by atoms with van der Waals surface area (Å²) in [4.78, 5) is 4.35. The molecule has 5 nitrogen and oxygen atoms in total. The van der Waals surface area contributed by atoms with Crippen molar-refractivity contribution in [1.82, 2.24) is 14.6 Å². The largest absolute Gasteiger partial charge is 0.493 e. The first-order valence-corrected chi connectivity index (χ1v) is 7.14. The molecule has 0 atom stereocenters. The Balaban J connectivity index is 2.02. The first-order chi connectivity index (χ1) is 10.7. The van der Waals surface area contributed by atoms with E-state index in [1.807, 2.05) is 30.5 Å². The Morgan fingerprint density at radius 2 is 2.09 bits per heavy atom. The van der Waals surface area contributed by atoms with Crippen molar-refractivity contribution in [3.8, 4) is 22.9 Å². The van der Waals surface area contributed by atoms with Crippen LogP contribution in [0.25, 0.3) is 16.8 Å². The molecule has 0 spiro atoms. The predicted octanol–water partition coefficient (Wildman–Crippen LogP) is 3.30. The minimum Gasteiger partial charge on any atom is -0.493 e. The van der Waals surface area contributed by atoms with Gasteiger partial charge in [-0.15, -0.1) is 0 Å². The van der Waals surface area contributed by atoms with Crippen LogP contribution in [-0.4, -0.2) is 21.2 Å². The molecule has 2 aromatic heterocycles. The number of aromatic nitrogens is 3. The van der Waals surface area contributed by atoms with Crippen LogP contribution in [0.3, 0.4) is 0 Å². The van der Waals surface area contributed by atoms with Gasteiger partial charge in [0, 0.05) is 23.5 Å². The van der Waals surface area contributed by atoms with Gasteiger partial charge in [-0.05, 0) is 12.0 Å². The smallest absolute Gasteiger partial charge is 0.172 e. The maximum Gasteiger partial charge on any atom is 0.172 e. The summed E-state index contributed by atoms with van der Waals surface area (Å²) in [6.07, 6.45) is 5.13. The van der Waals surface area contributed by atoms with Gasteiger partial charge in [0.05, 0.1) is 12.8 Å². The van der Waals surface area contributed by atoms with Crippen LogP contribution in [0.15, 0.2) is 42.9 Å². The van der Waals surface area contributed by atoms with Gasteiger partial charge in [0.2, 0.25) is 0 Å². The van der Waals surface area contributed by atoms with Gasteiger partial charge < -0.3 is 4.74 Å². The van der Waals surface area contributed by atoms with Crippen molar-refractivity contribution in [1.29, 1.82) is 5.26 Å². The molecule has 0 aliphatic heterocycles. The summed E-state index contributed by atoms with van der Waals surface area (Å²) in [7, 11) is 0. The number of nitriles is 1. The Labute approximate surface area is 128 Å². The van der Waals surface area contributed by atoms with Gasteiger partial charge in [0.15, 0.2) is 5.65 Å². The van der Waals surface area contributed by atoms with Gasteiger partial charge in [-0.25, -0.2) is 9.50 Å². The van der Waals surface area contributed by atoms with Crippen LogP contribution >= 0.6 is 0 Å². The van der Waals surface area contributed by atoms with Crippen molar-refractivity contribution < 1.29 is 4.74 Å². The molecule has 3 aromatic rings. The van der Waals surface area contributed by atoms with E-state index in [9.17, 15) is 0 Å². The molecular weight excluding hydrogens is 276 g/mol. The summed E-state index contributed by atoms with van der Waals surface area (Å²) in [6.45, 7) is 4.89. The van der Waals surface area contributed by atoms with E-state index in [0.29, 0.717) is 23.7 Å². The van der Waals surface area contributed by atoms with E-state index < -0.39 is 0 Å². The van der Waals surface area contributed by atoms with E-state index in [1.54, 1.807) is 10.7 Å². The highest BCUT2D eigenvalue weighted by atomic mass is 16.5. The fourth-order valence-electron chi connectivity index (χ4n) is 2.18. The van der Waals surface area contributed by atoms with Gasteiger partial charge in [0.1, 0.15) is 17.4 Å². The number of fused-ring (bicyclic) bond motifs is 1. The van der Waals surface area contributed by atoms with Gasteiger partial charge in [-0.3, -0.25) is 0 Å². The summed E-state index contributed by atoms with van der Waals surface area (Å²) in [5.74, 6) is 1.28. The fraction of sp³-hybridized carbons (Fsp3) is 0.235. The van der Waals surface area contributed by atoms with E-state index in [0.717, 1.165) is 16.9 Å². The lowest BCUT2D eigenvalue weighted by Gasteiger charge is -2.13. The third-order valence-corrected chi connectivity index (χ3v) is 3.25. The normalized spacial score (nSPS) is 10.8. The zero-order chi connectivity index (χ0) is 15.5. The molecule has 2 heterocycles. The second-order valence-electron chi connectivity index (χ2n) is 5.48. The van der Waals surface area contributed by atoms with E-state index in [4.69, 9.17) is 10.00 Å². The Morgan fingerprint density at radius 1 is 1.27 bits per heavy atom. The lowest BCUT2D eigenvalue weighted by atomic mass is 10.1. The second-order valence-corrected chi connectivity index (χ2v) is 5.48. The van der Waals surface area contributed by atoms with Crippen LogP contribution in [0.4, 0.5) is 0 Å². The van der Waals surface area contributed by atoms with Crippen LogP contribution in [0.1, 0.15) is 19.4 Å². The molecular formula is C17H16N4O. The van der Waals surface area contributed by atoms with Crippen LogP contribution in [0.2, 0.25) is 0 Å². The van der Waals surface area contributed by atoms with Crippen molar-refractivity contribution in [3.63, 3.8) is 0 Å². The summed E-state index contributed by atoms with van der Waals surface area (Å²) in [5.41, 5.74) is 2.90. The van der Waals surface area contributed by atoms with Crippen LogP contribution in [0.5, 0.6) is 5.75 Å². The summed E-state index contributed by atoms with van der Waals surface area (Å²) in [6, 6.07) is 9.94. The Kier molecular flexibility index (Phi) is 3.75. The van der Waals surface area contributed by atoms with E-state index in [1.165, 1.54) is 6.20 Å². The molecule has 0 amide bonds. The number of hydrogen-bond acceptors (Lipinski definition) is 4. The fourth-order valence-corrected chi connectivity index (χ4v) is 2.18. The molecule has 0 saturated heterocycles. The Hall–Kier alpha value is -2.87. The van der Waals surface area contributed by atoms with Gasteiger partial charge in [-0.2, -0.15) is 10.4 Å². The molecule has 0 N–H and O–H groups in total. The Morgan fingerprint density at radius 3 is 2.86 bits per heavy atom.